The molecule has 1 saturated heterocycles. The summed E-state index contributed by atoms with van der Waals surface area (Å²) in [5.74, 6) is 1.83. The zero-order valence-corrected chi connectivity index (χ0v) is 18.4. The molecule has 0 unspecified atom stereocenters. The van der Waals surface area contributed by atoms with Crippen LogP contribution in [0.15, 0.2) is 82.6 Å². The van der Waals surface area contributed by atoms with Gasteiger partial charge in [-0.2, -0.15) is 0 Å². The number of para-hydroxylation sites is 1. The van der Waals surface area contributed by atoms with Gasteiger partial charge in [-0.1, -0.05) is 42.1 Å². The first-order chi connectivity index (χ1) is 14.8. The summed E-state index contributed by atoms with van der Waals surface area (Å²) in [4.78, 5) is 7.43. The number of hydrogen-bond acceptors (Lipinski definition) is 5. The molecule has 1 heterocycles. The van der Waals surface area contributed by atoms with Gasteiger partial charge < -0.3 is 14.4 Å². The summed E-state index contributed by atoms with van der Waals surface area (Å²) in [6.45, 7) is 5.15. The molecule has 0 aromatic heterocycles. The quantitative estimate of drug-likeness (QED) is 0.525. The summed E-state index contributed by atoms with van der Waals surface area (Å²) in [5.41, 5.74) is 2.63. The molecule has 0 spiro atoms. The Morgan fingerprint density at radius 1 is 0.733 bits per heavy atom. The van der Waals surface area contributed by atoms with Crippen LogP contribution >= 0.6 is 11.8 Å². The van der Waals surface area contributed by atoms with E-state index in [1.165, 1.54) is 16.1 Å². The van der Waals surface area contributed by atoms with Gasteiger partial charge in [0.2, 0.25) is 0 Å². The molecule has 4 nitrogen and oxygen atoms in total. The summed E-state index contributed by atoms with van der Waals surface area (Å²) in [5, 5.41) is 0. The Morgan fingerprint density at radius 2 is 1.40 bits per heavy atom. The van der Waals surface area contributed by atoms with Crippen molar-refractivity contribution >= 4 is 17.4 Å². The smallest absolute Gasteiger partial charge is 0.132 e. The number of hydrogen-bond donors (Lipinski definition) is 0. The molecule has 156 valence electrons. The van der Waals surface area contributed by atoms with Gasteiger partial charge in [0.25, 0.3) is 0 Å². The molecule has 0 radical (unpaired) electrons. The molecule has 1 aliphatic heterocycles. The molecule has 0 saturated carbocycles. The molecule has 30 heavy (non-hydrogen) atoms. The van der Waals surface area contributed by atoms with Crippen LogP contribution in [0.4, 0.5) is 5.69 Å². The standard InChI is InChI=1S/C25H28N2O2S/c1-28-22-13-11-21(12-14-22)27-17-15-26(16-18-27)19-20-7-3-5-9-24(20)30-25-10-6-4-8-23(25)29-2/h3-14H,15-19H2,1-2H3. The van der Waals surface area contributed by atoms with E-state index in [0.29, 0.717) is 0 Å². The first-order valence-corrected chi connectivity index (χ1v) is 11.1. The summed E-state index contributed by atoms with van der Waals surface area (Å²) < 4.78 is 10.8. The fraction of sp³-hybridized carbons (Fsp3) is 0.280. The summed E-state index contributed by atoms with van der Waals surface area (Å²) in [7, 11) is 3.44. The van der Waals surface area contributed by atoms with E-state index in [1.54, 1.807) is 26.0 Å². The lowest BCUT2D eigenvalue weighted by Gasteiger charge is -2.36. The van der Waals surface area contributed by atoms with Crippen molar-refractivity contribution in [3.63, 3.8) is 0 Å². The zero-order chi connectivity index (χ0) is 20.8. The number of benzene rings is 3. The predicted molar refractivity (Wildman–Crippen MR) is 124 cm³/mol. The maximum atomic E-state index is 5.53. The van der Waals surface area contributed by atoms with E-state index in [9.17, 15) is 0 Å². The fourth-order valence-corrected chi connectivity index (χ4v) is 4.80. The molecule has 0 N–H and O–H groups in total. The highest BCUT2D eigenvalue weighted by molar-refractivity contribution is 7.99. The van der Waals surface area contributed by atoms with Crippen molar-refractivity contribution < 1.29 is 9.47 Å². The van der Waals surface area contributed by atoms with Crippen molar-refractivity contribution in [2.45, 2.75) is 16.3 Å². The normalized spacial score (nSPS) is 14.5. The molecule has 0 aliphatic carbocycles. The lowest BCUT2D eigenvalue weighted by Crippen LogP contribution is -2.46. The lowest BCUT2D eigenvalue weighted by molar-refractivity contribution is 0.248. The topological polar surface area (TPSA) is 24.9 Å². The number of piperazine rings is 1. The average molecular weight is 421 g/mol. The predicted octanol–water partition coefficient (Wildman–Crippen LogP) is 5.18. The monoisotopic (exact) mass is 420 g/mol. The Morgan fingerprint density at radius 3 is 2.10 bits per heavy atom. The minimum atomic E-state index is 0.904. The molecule has 0 amide bonds. The molecular formula is C25H28N2O2S. The van der Waals surface area contributed by atoms with Gasteiger partial charge in [0.05, 0.1) is 19.1 Å². The first-order valence-electron chi connectivity index (χ1n) is 10.3. The molecule has 0 bridgehead atoms. The Kier molecular flexibility index (Phi) is 6.82. The molecule has 3 aromatic rings. The minimum absolute atomic E-state index is 0.904. The molecule has 5 heteroatoms. The van der Waals surface area contributed by atoms with Gasteiger partial charge in [0.1, 0.15) is 11.5 Å². The van der Waals surface area contributed by atoms with Crippen LogP contribution in [-0.2, 0) is 6.54 Å². The van der Waals surface area contributed by atoms with Crippen LogP contribution in [0, 0.1) is 0 Å². The summed E-state index contributed by atoms with van der Waals surface area (Å²) in [6, 6.07) is 25.3. The first kappa shape index (κ1) is 20.6. The molecule has 4 rings (SSSR count). The van der Waals surface area contributed by atoms with Crippen molar-refractivity contribution in [3.05, 3.63) is 78.4 Å². The highest BCUT2D eigenvalue weighted by Crippen LogP contribution is 2.36. The van der Waals surface area contributed by atoms with E-state index in [-0.39, 0.29) is 0 Å². The minimum Gasteiger partial charge on any atom is -0.497 e. The van der Waals surface area contributed by atoms with Gasteiger partial charge in [0, 0.05) is 43.3 Å². The zero-order valence-electron chi connectivity index (χ0n) is 17.6. The van der Waals surface area contributed by atoms with Crippen LogP contribution in [0.1, 0.15) is 5.56 Å². The SMILES string of the molecule is COc1ccc(N2CCN(Cc3ccccc3Sc3ccccc3OC)CC2)cc1. The van der Waals surface area contributed by atoms with Crippen LogP contribution in [0.5, 0.6) is 11.5 Å². The van der Waals surface area contributed by atoms with Gasteiger partial charge in [-0.25, -0.2) is 0 Å². The second-order valence-corrected chi connectivity index (χ2v) is 8.41. The second-order valence-electron chi connectivity index (χ2n) is 7.32. The fourth-order valence-electron chi connectivity index (χ4n) is 3.75. The Bertz CT molecular complexity index is 953. The largest absolute Gasteiger partial charge is 0.497 e. The van der Waals surface area contributed by atoms with Crippen LogP contribution in [0.2, 0.25) is 0 Å². The lowest BCUT2D eigenvalue weighted by atomic mass is 10.2. The molecule has 0 atom stereocenters. The van der Waals surface area contributed by atoms with Crippen molar-refractivity contribution in [2.24, 2.45) is 0 Å². The molecule has 1 aliphatic rings. The summed E-state index contributed by atoms with van der Waals surface area (Å²) in [6.07, 6.45) is 0. The third-order valence-electron chi connectivity index (χ3n) is 5.47. The Balaban J connectivity index is 1.39. The van der Waals surface area contributed by atoms with E-state index in [0.717, 1.165) is 49.1 Å². The average Bonchev–Trinajstić information content (AvgIpc) is 2.81. The van der Waals surface area contributed by atoms with Crippen LogP contribution < -0.4 is 14.4 Å². The highest BCUT2D eigenvalue weighted by atomic mass is 32.2. The van der Waals surface area contributed by atoms with E-state index in [2.05, 4.69) is 58.3 Å². The van der Waals surface area contributed by atoms with E-state index >= 15 is 0 Å². The van der Waals surface area contributed by atoms with Gasteiger partial charge in [0.15, 0.2) is 0 Å². The maximum absolute atomic E-state index is 5.53. The summed E-state index contributed by atoms with van der Waals surface area (Å²) >= 11 is 1.78. The maximum Gasteiger partial charge on any atom is 0.132 e. The van der Waals surface area contributed by atoms with Gasteiger partial charge >= 0.3 is 0 Å². The van der Waals surface area contributed by atoms with Crippen molar-refractivity contribution in [1.29, 1.82) is 0 Å². The molecule has 3 aromatic carbocycles. The number of nitrogens with zero attached hydrogens (tertiary/aromatic N) is 2. The van der Waals surface area contributed by atoms with Crippen LogP contribution in [0.25, 0.3) is 0 Å². The van der Waals surface area contributed by atoms with E-state index < -0.39 is 0 Å². The van der Waals surface area contributed by atoms with Crippen LogP contribution in [-0.4, -0.2) is 45.3 Å². The van der Waals surface area contributed by atoms with Crippen molar-refractivity contribution in [2.75, 3.05) is 45.3 Å². The van der Waals surface area contributed by atoms with Crippen molar-refractivity contribution in [1.82, 2.24) is 4.90 Å². The number of anilines is 1. The third-order valence-corrected chi connectivity index (χ3v) is 6.64. The number of ether oxygens (including phenoxy) is 2. The van der Waals surface area contributed by atoms with Gasteiger partial charge in [-0.05, 0) is 48.0 Å². The molecule has 1 fully saturated rings. The molecular weight excluding hydrogens is 392 g/mol. The second kappa shape index (κ2) is 9.92. The van der Waals surface area contributed by atoms with Gasteiger partial charge in [-0.15, -0.1) is 0 Å². The van der Waals surface area contributed by atoms with Gasteiger partial charge in [-0.3, -0.25) is 4.90 Å². The van der Waals surface area contributed by atoms with E-state index in [1.807, 2.05) is 24.3 Å². The van der Waals surface area contributed by atoms with E-state index in [4.69, 9.17) is 9.47 Å². The number of methoxy groups -OCH3 is 2. The number of rotatable bonds is 7. The van der Waals surface area contributed by atoms with Crippen molar-refractivity contribution in [3.8, 4) is 11.5 Å². The third kappa shape index (κ3) is 4.91. The van der Waals surface area contributed by atoms with Crippen LogP contribution in [0.3, 0.4) is 0 Å². The Hall–Kier alpha value is -2.63. The Labute approximate surface area is 183 Å². The highest BCUT2D eigenvalue weighted by Gasteiger charge is 2.19.